The summed E-state index contributed by atoms with van der Waals surface area (Å²) in [5.74, 6) is 3.39. The fourth-order valence-electron chi connectivity index (χ4n) is 4.75. The summed E-state index contributed by atoms with van der Waals surface area (Å²) in [6.45, 7) is 3.10. The topological polar surface area (TPSA) is 98.1 Å². The van der Waals surface area contributed by atoms with Gasteiger partial charge >= 0.3 is 0 Å². The van der Waals surface area contributed by atoms with E-state index in [0.29, 0.717) is 5.82 Å². The second kappa shape index (κ2) is 10.0. The lowest BCUT2D eigenvalue weighted by atomic mass is 9.87. The number of nitrogens with one attached hydrogen (secondary N) is 1. The molecular weight excluding hydrogens is 412 g/mol. The average Bonchev–Trinajstić information content (AvgIpc) is 3.51. The first kappa shape index (κ1) is 21.4. The fraction of sp³-hybridized carbons (Fsp3) is 0.440. The third kappa shape index (κ3) is 4.99. The van der Waals surface area contributed by atoms with Crippen molar-refractivity contribution in [2.75, 3.05) is 0 Å². The monoisotopic (exact) mass is 442 g/mol. The van der Waals surface area contributed by atoms with Gasteiger partial charge in [-0.2, -0.15) is 5.10 Å². The molecule has 3 aromatic heterocycles. The molecule has 0 amide bonds. The van der Waals surface area contributed by atoms with Gasteiger partial charge in [0.15, 0.2) is 11.6 Å². The first-order valence-corrected chi connectivity index (χ1v) is 12.0. The molecule has 8 nitrogen and oxygen atoms in total. The lowest BCUT2D eigenvalue weighted by Gasteiger charge is -2.19. The number of nitrogens with zero attached hydrogens (tertiary/aromatic N) is 7. The molecule has 5 rings (SSSR count). The zero-order valence-electron chi connectivity index (χ0n) is 19.1. The van der Waals surface area contributed by atoms with Crippen LogP contribution in [-0.4, -0.2) is 40.4 Å². The fourth-order valence-corrected chi connectivity index (χ4v) is 4.75. The van der Waals surface area contributed by atoms with Crippen molar-refractivity contribution >= 4 is 0 Å². The highest BCUT2D eigenvalue weighted by molar-refractivity contribution is 5.77. The van der Waals surface area contributed by atoms with Gasteiger partial charge in [-0.3, -0.25) is 4.98 Å². The lowest BCUT2D eigenvalue weighted by molar-refractivity contribution is 0.351. The Morgan fingerprint density at radius 2 is 1.91 bits per heavy atom. The van der Waals surface area contributed by atoms with Crippen LogP contribution >= 0.6 is 0 Å². The van der Waals surface area contributed by atoms with Gasteiger partial charge in [-0.1, -0.05) is 69.4 Å². The first-order valence-electron chi connectivity index (χ1n) is 12.0. The average molecular weight is 443 g/mol. The molecule has 0 bridgehead atoms. The third-order valence-electron chi connectivity index (χ3n) is 6.43. The molecule has 1 aromatic carbocycles. The molecule has 0 radical (unpaired) electrons. The Labute approximate surface area is 193 Å². The zero-order chi connectivity index (χ0) is 22.5. The second-order valence-corrected chi connectivity index (χ2v) is 8.90. The smallest absolute Gasteiger partial charge is 0.198 e. The number of aromatic amines is 1. The molecule has 1 aliphatic rings. The quantitative estimate of drug-likeness (QED) is 0.427. The van der Waals surface area contributed by atoms with E-state index >= 15 is 0 Å². The van der Waals surface area contributed by atoms with Crippen LogP contribution in [0.25, 0.3) is 22.6 Å². The van der Waals surface area contributed by atoms with Crippen molar-refractivity contribution in [3.05, 3.63) is 59.8 Å². The minimum Gasteiger partial charge on any atom is -0.252 e. The number of pyridine rings is 1. The van der Waals surface area contributed by atoms with Crippen LogP contribution in [0.15, 0.2) is 42.6 Å². The summed E-state index contributed by atoms with van der Waals surface area (Å²) in [6, 6.07) is 12.5. The van der Waals surface area contributed by atoms with Gasteiger partial charge in [-0.05, 0) is 40.0 Å². The Bertz CT molecular complexity index is 1160. The van der Waals surface area contributed by atoms with Crippen LogP contribution in [0.5, 0.6) is 0 Å². The van der Waals surface area contributed by atoms with Crippen LogP contribution < -0.4 is 0 Å². The number of aryl methyl sites for hydroxylation is 1. The van der Waals surface area contributed by atoms with Crippen LogP contribution in [0.4, 0.5) is 0 Å². The maximum absolute atomic E-state index is 4.96. The van der Waals surface area contributed by atoms with Crippen molar-refractivity contribution in [3.63, 3.8) is 0 Å². The number of tetrazole rings is 1. The zero-order valence-corrected chi connectivity index (χ0v) is 19.1. The molecule has 1 N–H and O–H groups in total. The van der Waals surface area contributed by atoms with E-state index in [9.17, 15) is 0 Å². The number of hydrogen-bond acceptors (Lipinski definition) is 6. The summed E-state index contributed by atoms with van der Waals surface area (Å²) < 4.78 is 2.11. The van der Waals surface area contributed by atoms with Crippen LogP contribution in [0.2, 0.25) is 0 Å². The van der Waals surface area contributed by atoms with E-state index in [4.69, 9.17) is 10.1 Å². The van der Waals surface area contributed by atoms with Gasteiger partial charge in [0.05, 0.1) is 0 Å². The number of rotatable bonds is 8. The van der Waals surface area contributed by atoms with E-state index in [1.165, 1.54) is 37.7 Å². The third-order valence-corrected chi connectivity index (χ3v) is 6.43. The summed E-state index contributed by atoms with van der Waals surface area (Å²) in [5, 5.41) is 19.1. The number of hydrogen-bond donors (Lipinski definition) is 1. The van der Waals surface area contributed by atoms with E-state index in [1.54, 1.807) is 6.20 Å². The van der Waals surface area contributed by atoms with Gasteiger partial charge in [0.2, 0.25) is 0 Å². The standard InChI is InChI=1S/C25H30N8/c1-2-15-33-23(27-22(30-33)16-18-7-4-3-5-8-18)17-19-10-12-20(13-11-19)21-9-6-14-26-24(21)25-28-31-32-29-25/h6,9-14,18H,2-5,7-8,15-17H2,1H3,(H,28,29,31,32). The molecule has 0 saturated heterocycles. The SMILES string of the molecule is CCCn1nc(CC2CCCCC2)nc1Cc1ccc(-c2cccnc2-c2nnn[nH]2)cc1. The molecule has 0 atom stereocenters. The van der Waals surface area contributed by atoms with Gasteiger partial charge in [0.25, 0.3) is 0 Å². The summed E-state index contributed by atoms with van der Waals surface area (Å²) in [7, 11) is 0. The van der Waals surface area contributed by atoms with Gasteiger partial charge < -0.3 is 0 Å². The molecular formula is C25H30N8. The number of H-pyrrole nitrogens is 1. The summed E-state index contributed by atoms with van der Waals surface area (Å²) >= 11 is 0. The molecule has 8 heteroatoms. The van der Waals surface area contributed by atoms with Gasteiger partial charge in [-0.25, -0.2) is 14.8 Å². The largest absolute Gasteiger partial charge is 0.252 e. The van der Waals surface area contributed by atoms with Gasteiger partial charge in [0, 0.05) is 31.1 Å². The van der Waals surface area contributed by atoms with Gasteiger partial charge in [0.1, 0.15) is 11.5 Å². The normalized spacial score (nSPS) is 14.6. The predicted octanol–water partition coefficient (Wildman–Crippen LogP) is 4.64. The summed E-state index contributed by atoms with van der Waals surface area (Å²) in [4.78, 5) is 9.44. The Hall–Kier alpha value is -3.42. The predicted molar refractivity (Wildman–Crippen MR) is 126 cm³/mol. The van der Waals surface area contributed by atoms with E-state index in [-0.39, 0.29) is 0 Å². The van der Waals surface area contributed by atoms with Crippen LogP contribution in [0.1, 0.15) is 62.7 Å². The lowest BCUT2D eigenvalue weighted by Crippen LogP contribution is -2.10. The Morgan fingerprint density at radius 3 is 2.67 bits per heavy atom. The molecule has 3 heterocycles. The Morgan fingerprint density at radius 1 is 1.06 bits per heavy atom. The highest BCUT2D eigenvalue weighted by Gasteiger charge is 2.18. The minimum absolute atomic E-state index is 0.563. The van der Waals surface area contributed by atoms with E-state index in [2.05, 4.69) is 61.5 Å². The molecule has 0 aliphatic heterocycles. The molecule has 33 heavy (non-hydrogen) atoms. The highest BCUT2D eigenvalue weighted by Crippen LogP contribution is 2.29. The highest BCUT2D eigenvalue weighted by atomic mass is 15.5. The number of aromatic nitrogens is 8. The molecule has 0 unspecified atom stereocenters. The Kier molecular flexibility index (Phi) is 6.51. The van der Waals surface area contributed by atoms with Crippen molar-refractivity contribution < 1.29 is 0 Å². The molecule has 1 aliphatic carbocycles. The maximum atomic E-state index is 4.96. The molecule has 1 saturated carbocycles. The summed E-state index contributed by atoms with van der Waals surface area (Å²) in [6.07, 6.45) is 11.3. The Balaban J connectivity index is 1.34. The van der Waals surface area contributed by atoms with Crippen LogP contribution in [0.3, 0.4) is 0 Å². The molecule has 1 fully saturated rings. The van der Waals surface area contributed by atoms with Crippen LogP contribution in [-0.2, 0) is 19.4 Å². The van der Waals surface area contributed by atoms with Crippen molar-refractivity contribution in [3.8, 4) is 22.6 Å². The van der Waals surface area contributed by atoms with E-state index < -0.39 is 0 Å². The first-order chi connectivity index (χ1) is 16.3. The molecule has 0 spiro atoms. The maximum Gasteiger partial charge on any atom is 0.198 e. The van der Waals surface area contributed by atoms with E-state index in [0.717, 1.165) is 60.2 Å². The molecule has 170 valence electrons. The number of benzene rings is 1. The van der Waals surface area contributed by atoms with Crippen molar-refractivity contribution in [1.29, 1.82) is 0 Å². The van der Waals surface area contributed by atoms with Gasteiger partial charge in [-0.15, -0.1) is 5.10 Å². The molecule has 4 aromatic rings. The van der Waals surface area contributed by atoms with Crippen LogP contribution in [0, 0.1) is 5.92 Å². The van der Waals surface area contributed by atoms with Crippen molar-refractivity contribution in [2.45, 2.75) is 64.8 Å². The minimum atomic E-state index is 0.563. The van der Waals surface area contributed by atoms with Crippen molar-refractivity contribution in [1.82, 2.24) is 40.4 Å². The van der Waals surface area contributed by atoms with E-state index in [1.807, 2.05) is 12.1 Å². The van der Waals surface area contributed by atoms with Crippen molar-refractivity contribution in [2.24, 2.45) is 5.92 Å². The summed E-state index contributed by atoms with van der Waals surface area (Å²) in [5.41, 5.74) is 4.03. The second-order valence-electron chi connectivity index (χ2n) is 8.90.